The van der Waals surface area contributed by atoms with Crippen molar-refractivity contribution < 1.29 is 9.53 Å². The Morgan fingerprint density at radius 1 is 1.13 bits per heavy atom. The average molecular weight is 421 g/mol. The van der Waals surface area contributed by atoms with Gasteiger partial charge >= 0.3 is 0 Å². The standard InChI is InChI=1S/C23H28N6O2/c1-14(2)29-13-17(12-25-29)16-5-8-19(21(11-16)31-15(3)4)27-20-9-10-24-28-22(20)23(30)26-18-6-7-18/h5,8-15,18H,6-7H2,1-4H3,(H,24,27)(H,26,30). The van der Waals surface area contributed by atoms with Crippen molar-refractivity contribution in [3.05, 3.63) is 48.5 Å². The molecule has 0 saturated heterocycles. The molecule has 162 valence electrons. The molecule has 3 aromatic rings. The Balaban J connectivity index is 1.64. The Morgan fingerprint density at radius 3 is 2.61 bits per heavy atom. The first-order valence-electron chi connectivity index (χ1n) is 10.7. The second-order valence-electron chi connectivity index (χ2n) is 8.35. The monoisotopic (exact) mass is 420 g/mol. The number of aromatic nitrogens is 4. The number of anilines is 2. The van der Waals surface area contributed by atoms with E-state index in [1.54, 1.807) is 12.3 Å². The Morgan fingerprint density at radius 2 is 1.94 bits per heavy atom. The molecule has 0 aliphatic heterocycles. The van der Waals surface area contributed by atoms with E-state index in [2.05, 4.69) is 39.8 Å². The smallest absolute Gasteiger partial charge is 0.274 e. The highest BCUT2D eigenvalue weighted by molar-refractivity contribution is 5.98. The van der Waals surface area contributed by atoms with Gasteiger partial charge in [-0.25, -0.2) is 0 Å². The van der Waals surface area contributed by atoms with Gasteiger partial charge in [-0.2, -0.15) is 10.2 Å². The van der Waals surface area contributed by atoms with Crippen molar-refractivity contribution in [1.29, 1.82) is 0 Å². The lowest BCUT2D eigenvalue weighted by Crippen LogP contribution is -2.27. The molecular weight excluding hydrogens is 392 g/mol. The van der Waals surface area contributed by atoms with Crippen molar-refractivity contribution in [2.45, 2.75) is 58.7 Å². The van der Waals surface area contributed by atoms with Crippen LogP contribution >= 0.6 is 0 Å². The van der Waals surface area contributed by atoms with Crippen molar-refractivity contribution in [2.24, 2.45) is 0 Å². The van der Waals surface area contributed by atoms with E-state index in [0.717, 1.165) is 29.7 Å². The summed E-state index contributed by atoms with van der Waals surface area (Å²) in [6.07, 6.45) is 7.45. The quantitative estimate of drug-likeness (QED) is 0.563. The molecule has 8 heteroatoms. The summed E-state index contributed by atoms with van der Waals surface area (Å²) >= 11 is 0. The highest BCUT2D eigenvalue weighted by Crippen LogP contribution is 2.34. The molecule has 1 aliphatic carbocycles. The van der Waals surface area contributed by atoms with Crippen molar-refractivity contribution in [3.63, 3.8) is 0 Å². The second kappa shape index (κ2) is 8.75. The molecule has 0 radical (unpaired) electrons. The molecule has 0 unspecified atom stereocenters. The van der Waals surface area contributed by atoms with Gasteiger partial charge in [-0.3, -0.25) is 9.48 Å². The molecule has 1 aromatic carbocycles. The van der Waals surface area contributed by atoms with Gasteiger partial charge in [0, 0.05) is 23.8 Å². The predicted octanol–water partition coefficient (Wildman–Crippen LogP) is 4.34. The molecule has 0 bridgehead atoms. The van der Waals surface area contributed by atoms with Gasteiger partial charge in [0.05, 0.1) is 29.9 Å². The van der Waals surface area contributed by atoms with Crippen LogP contribution in [-0.2, 0) is 0 Å². The van der Waals surface area contributed by atoms with E-state index in [-0.39, 0.29) is 23.7 Å². The lowest BCUT2D eigenvalue weighted by Gasteiger charge is -2.17. The zero-order valence-electron chi connectivity index (χ0n) is 18.3. The minimum absolute atomic E-state index is 0.0117. The SMILES string of the molecule is CC(C)Oc1cc(-c2cnn(C(C)C)c2)ccc1Nc1ccnnc1C(=O)NC1CC1. The number of carbonyl (C=O) groups is 1. The fraction of sp³-hybridized carbons (Fsp3) is 0.391. The summed E-state index contributed by atoms with van der Waals surface area (Å²) in [5.41, 5.74) is 3.63. The first kappa shape index (κ1) is 20.8. The van der Waals surface area contributed by atoms with Gasteiger partial charge in [0.2, 0.25) is 0 Å². The molecule has 1 fully saturated rings. The topological polar surface area (TPSA) is 94.0 Å². The van der Waals surface area contributed by atoms with Gasteiger partial charge in [0.1, 0.15) is 5.75 Å². The number of nitrogens with zero attached hydrogens (tertiary/aromatic N) is 4. The number of hydrogen-bond donors (Lipinski definition) is 2. The zero-order chi connectivity index (χ0) is 22.0. The first-order chi connectivity index (χ1) is 14.9. The molecule has 2 heterocycles. The normalized spacial score (nSPS) is 13.5. The van der Waals surface area contributed by atoms with E-state index in [0.29, 0.717) is 17.5 Å². The van der Waals surface area contributed by atoms with E-state index in [1.165, 1.54) is 0 Å². The summed E-state index contributed by atoms with van der Waals surface area (Å²) in [7, 11) is 0. The minimum atomic E-state index is -0.220. The third kappa shape index (κ3) is 5.02. The maximum Gasteiger partial charge on any atom is 0.274 e. The summed E-state index contributed by atoms with van der Waals surface area (Å²) in [5, 5.41) is 18.6. The van der Waals surface area contributed by atoms with Gasteiger partial charge < -0.3 is 15.4 Å². The highest BCUT2D eigenvalue weighted by atomic mass is 16.5. The molecule has 1 saturated carbocycles. The van der Waals surface area contributed by atoms with Gasteiger partial charge in [-0.1, -0.05) is 6.07 Å². The van der Waals surface area contributed by atoms with Crippen LogP contribution in [0, 0.1) is 0 Å². The molecule has 8 nitrogen and oxygen atoms in total. The van der Waals surface area contributed by atoms with Crippen LogP contribution in [0.15, 0.2) is 42.9 Å². The van der Waals surface area contributed by atoms with Crippen LogP contribution in [0.2, 0.25) is 0 Å². The third-order valence-electron chi connectivity index (χ3n) is 4.93. The van der Waals surface area contributed by atoms with Gasteiger partial charge in [-0.05, 0) is 64.3 Å². The molecule has 1 amide bonds. The molecule has 1 aliphatic rings. The third-order valence-corrected chi connectivity index (χ3v) is 4.93. The predicted molar refractivity (Wildman–Crippen MR) is 120 cm³/mol. The van der Waals surface area contributed by atoms with Crippen LogP contribution in [0.25, 0.3) is 11.1 Å². The van der Waals surface area contributed by atoms with Crippen LogP contribution in [-0.4, -0.2) is 38.0 Å². The van der Waals surface area contributed by atoms with E-state index >= 15 is 0 Å². The van der Waals surface area contributed by atoms with Gasteiger partial charge in [0.25, 0.3) is 5.91 Å². The van der Waals surface area contributed by atoms with E-state index < -0.39 is 0 Å². The summed E-state index contributed by atoms with van der Waals surface area (Å²) in [4.78, 5) is 12.6. The molecule has 0 atom stereocenters. The van der Waals surface area contributed by atoms with Crippen LogP contribution in [0.4, 0.5) is 11.4 Å². The van der Waals surface area contributed by atoms with Crippen molar-refractivity contribution in [1.82, 2.24) is 25.3 Å². The average Bonchev–Trinajstić information content (AvgIpc) is 3.40. The largest absolute Gasteiger partial charge is 0.489 e. The van der Waals surface area contributed by atoms with Gasteiger partial charge in [-0.15, -0.1) is 5.10 Å². The van der Waals surface area contributed by atoms with E-state index in [1.807, 2.05) is 49.1 Å². The molecular formula is C23H28N6O2. The Labute approximate surface area is 182 Å². The summed E-state index contributed by atoms with van der Waals surface area (Å²) in [6.45, 7) is 8.15. The Kier molecular flexibility index (Phi) is 5.88. The van der Waals surface area contributed by atoms with Crippen LogP contribution in [0.1, 0.15) is 57.1 Å². The number of benzene rings is 1. The number of amides is 1. The first-order valence-corrected chi connectivity index (χ1v) is 10.7. The fourth-order valence-corrected chi connectivity index (χ4v) is 3.15. The van der Waals surface area contributed by atoms with E-state index in [9.17, 15) is 4.79 Å². The zero-order valence-corrected chi connectivity index (χ0v) is 18.3. The molecule has 0 spiro atoms. The van der Waals surface area contributed by atoms with E-state index in [4.69, 9.17) is 4.74 Å². The molecule has 2 aromatic heterocycles. The molecule has 2 N–H and O–H groups in total. The van der Waals surface area contributed by atoms with Crippen LogP contribution in [0.3, 0.4) is 0 Å². The number of ether oxygens (including phenoxy) is 1. The minimum Gasteiger partial charge on any atom is -0.489 e. The summed E-state index contributed by atoms with van der Waals surface area (Å²) < 4.78 is 8.01. The van der Waals surface area contributed by atoms with Crippen molar-refractivity contribution in [3.8, 4) is 16.9 Å². The van der Waals surface area contributed by atoms with Crippen LogP contribution < -0.4 is 15.4 Å². The Hall–Kier alpha value is -3.42. The Bertz CT molecular complexity index is 1070. The number of rotatable bonds is 8. The summed E-state index contributed by atoms with van der Waals surface area (Å²) in [6, 6.07) is 8.23. The number of hydrogen-bond acceptors (Lipinski definition) is 6. The second-order valence-corrected chi connectivity index (χ2v) is 8.35. The summed E-state index contributed by atoms with van der Waals surface area (Å²) in [5.74, 6) is 0.470. The van der Waals surface area contributed by atoms with Crippen molar-refractivity contribution >= 4 is 17.3 Å². The molecule has 31 heavy (non-hydrogen) atoms. The highest BCUT2D eigenvalue weighted by Gasteiger charge is 2.26. The fourth-order valence-electron chi connectivity index (χ4n) is 3.15. The maximum atomic E-state index is 12.6. The van der Waals surface area contributed by atoms with Crippen LogP contribution in [0.5, 0.6) is 5.75 Å². The van der Waals surface area contributed by atoms with Gasteiger partial charge in [0.15, 0.2) is 5.69 Å². The number of nitrogens with one attached hydrogen (secondary N) is 2. The lowest BCUT2D eigenvalue weighted by molar-refractivity contribution is 0.0946. The molecule has 4 rings (SSSR count). The lowest BCUT2D eigenvalue weighted by atomic mass is 10.1. The van der Waals surface area contributed by atoms with Crippen molar-refractivity contribution in [2.75, 3.05) is 5.32 Å². The number of carbonyl (C=O) groups excluding carboxylic acids is 1. The maximum absolute atomic E-state index is 12.6.